The van der Waals surface area contributed by atoms with E-state index in [1.54, 1.807) is 0 Å². The first-order valence-electron chi connectivity index (χ1n) is 19.1. The molecule has 0 saturated carbocycles. The summed E-state index contributed by atoms with van der Waals surface area (Å²) in [4.78, 5) is 9.82. The van der Waals surface area contributed by atoms with Crippen LogP contribution in [0.25, 0.3) is 0 Å². The number of rotatable bonds is 4. The van der Waals surface area contributed by atoms with Gasteiger partial charge in [0, 0.05) is 40.3 Å². The van der Waals surface area contributed by atoms with Crippen molar-refractivity contribution in [1.29, 1.82) is 0 Å². The maximum Gasteiger partial charge on any atom is 0.260 e. The Morgan fingerprint density at radius 2 is 0.673 bits per heavy atom. The number of hydrogen-bond acceptors (Lipinski definition) is 6. The minimum Gasteiger partial charge on any atom is -0.458 e. The van der Waals surface area contributed by atoms with Crippen molar-refractivity contribution in [2.75, 3.05) is 19.6 Å². The van der Waals surface area contributed by atoms with Crippen LogP contribution in [0.5, 0.6) is 23.0 Å². The molecule has 266 valence electrons. The zero-order chi connectivity index (χ0) is 37.1. The fraction of sp³-hybridized carbons (Fsp3) is 0.125. The van der Waals surface area contributed by atoms with Gasteiger partial charge < -0.3 is 29.1 Å². The predicted molar refractivity (Wildman–Crippen MR) is 227 cm³/mol. The number of ether oxygens (including phenoxy) is 2. The van der Waals surface area contributed by atoms with Gasteiger partial charge in [-0.1, -0.05) is 78.9 Å². The van der Waals surface area contributed by atoms with Crippen molar-refractivity contribution in [1.82, 2.24) is 0 Å². The number of fused-ring (bicyclic) bond motifs is 6. The third-order valence-electron chi connectivity index (χ3n) is 11.8. The van der Waals surface area contributed by atoms with Gasteiger partial charge in [-0.05, 0) is 111 Å². The van der Waals surface area contributed by atoms with Crippen LogP contribution < -0.4 is 45.5 Å². The summed E-state index contributed by atoms with van der Waals surface area (Å²) in [6.07, 6.45) is 0. The third kappa shape index (κ3) is 4.50. The summed E-state index contributed by atoms with van der Waals surface area (Å²) in [5.41, 5.74) is 11.5. The van der Waals surface area contributed by atoms with E-state index in [1.165, 1.54) is 0 Å². The molecular formula is C48H39BN4O2. The Bertz CT molecular complexity index is 2450. The van der Waals surface area contributed by atoms with Crippen LogP contribution >= 0.6 is 0 Å². The Morgan fingerprint density at radius 3 is 1.00 bits per heavy atom. The van der Waals surface area contributed by atoms with E-state index in [9.17, 15) is 0 Å². The second kappa shape index (κ2) is 11.5. The van der Waals surface area contributed by atoms with E-state index in [-0.39, 0.29) is 6.71 Å². The van der Waals surface area contributed by atoms with Crippen molar-refractivity contribution < 1.29 is 9.47 Å². The summed E-state index contributed by atoms with van der Waals surface area (Å²) in [5.74, 6) is 3.38. The maximum atomic E-state index is 6.91. The molecule has 0 spiro atoms. The normalized spacial score (nSPS) is 16.4. The van der Waals surface area contributed by atoms with Crippen molar-refractivity contribution in [2.24, 2.45) is 0 Å². The fourth-order valence-corrected chi connectivity index (χ4v) is 9.70. The Morgan fingerprint density at radius 1 is 0.364 bits per heavy atom. The van der Waals surface area contributed by atoms with E-state index in [2.05, 4.69) is 205 Å². The lowest BCUT2D eigenvalue weighted by Gasteiger charge is -2.40. The molecule has 0 aliphatic carbocycles. The molecule has 4 aliphatic heterocycles. The van der Waals surface area contributed by atoms with E-state index < -0.39 is 11.3 Å². The highest BCUT2D eigenvalue weighted by Gasteiger charge is 2.50. The lowest BCUT2D eigenvalue weighted by atomic mass is 9.34. The molecule has 0 amide bonds. The van der Waals surface area contributed by atoms with Gasteiger partial charge in [-0.15, -0.1) is 0 Å². The summed E-state index contributed by atoms with van der Waals surface area (Å²) in [5, 5.41) is 0. The summed E-state index contributed by atoms with van der Waals surface area (Å²) < 4.78 is 13.8. The molecule has 7 aromatic rings. The molecule has 7 aromatic carbocycles. The molecule has 4 aliphatic rings. The first kappa shape index (κ1) is 31.9. The van der Waals surface area contributed by atoms with Crippen LogP contribution in [0.4, 0.5) is 45.5 Å². The molecule has 6 nitrogen and oxygen atoms in total. The largest absolute Gasteiger partial charge is 0.458 e. The van der Waals surface area contributed by atoms with E-state index in [4.69, 9.17) is 9.47 Å². The number of hydrogen-bond donors (Lipinski definition) is 0. The van der Waals surface area contributed by atoms with Crippen LogP contribution in [-0.2, 0) is 0 Å². The third-order valence-corrected chi connectivity index (χ3v) is 11.8. The molecule has 0 saturated heterocycles. The van der Waals surface area contributed by atoms with Crippen molar-refractivity contribution >= 4 is 68.6 Å². The van der Waals surface area contributed by atoms with E-state index in [0.717, 1.165) is 84.9 Å². The highest BCUT2D eigenvalue weighted by Crippen LogP contribution is 2.56. The van der Waals surface area contributed by atoms with E-state index in [0.29, 0.717) is 0 Å². The summed E-state index contributed by atoms with van der Waals surface area (Å²) in [6.45, 7) is 9.07. The zero-order valence-electron chi connectivity index (χ0n) is 31.3. The maximum absolute atomic E-state index is 6.91. The number of benzene rings is 7. The SMILES string of the molecule is CC1(C)N(c2ccccc2)c2cc3c(cc2N1c1ccccc1)B1c2cc4c(cc2Oc2cccc(c21)O3)N(c1ccccc1)C(C)(C)N4c1ccccc1. The molecule has 0 bridgehead atoms. The number of para-hydroxylation sites is 4. The second-order valence-electron chi connectivity index (χ2n) is 15.7. The molecule has 0 unspecified atom stereocenters. The highest BCUT2D eigenvalue weighted by atomic mass is 16.5. The fourth-order valence-electron chi connectivity index (χ4n) is 9.70. The molecule has 11 rings (SSSR count). The molecule has 0 N–H and O–H groups in total. The van der Waals surface area contributed by atoms with Gasteiger partial charge in [0.15, 0.2) is 0 Å². The molecular weight excluding hydrogens is 675 g/mol. The number of anilines is 8. The standard InChI is InChI=1S/C48H39BN4O2/c1-47(2)50(32-18-9-5-10-19-32)38-28-36-44(30-40(38)52(47)34-22-13-7-14-23-34)54-42-26-17-27-43-46(42)49(36)37-29-39-41(31-45(37)55-43)53(35-24-15-8-16-25-35)48(3,4)51(39)33-20-11-6-12-21-33/h5-31H,1-4H3. The molecule has 55 heavy (non-hydrogen) atoms. The average Bonchev–Trinajstić information content (AvgIpc) is 3.57. The van der Waals surface area contributed by atoms with Crippen LogP contribution in [0.1, 0.15) is 27.7 Å². The zero-order valence-corrected chi connectivity index (χ0v) is 31.3. The van der Waals surface area contributed by atoms with E-state index >= 15 is 0 Å². The van der Waals surface area contributed by atoms with Gasteiger partial charge in [0.25, 0.3) is 6.71 Å². The highest BCUT2D eigenvalue weighted by molar-refractivity contribution is 6.98. The molecule has 4 heterocycles. The predicted octanol–water partition coefficient (Wildman–Crippen LogP) is 10.5. The minimum absolute atomic E-state index is 0.118. The Balaban J connectivity index is 1.16. The summed E-state index contributed by atoms with van der Waals surface area (Å²) in [7, 11) is 0. The molecule has 0 fully saturated rings. The second-order valence-corrected chi connectivity index (χ2v) is 15.7. The van der Waals surface area contributed by atoms with Crippen LogP contribution in [0.15, 0.2) is 164 Å². The first-order valence-corrected chi connectivity index (χ1v) is 19.1. The topological polar surface area (TPSA) is 31.4 Å². The van der Waals surface area contributed by atoms with Crippen LogP contribution in [0, 0.1) is 0 Å². The van der Waals surface area contributed by atoms with Gasteiger partial charge >= 0.3 is 0 Å². The quantitative estimate of drug-likeness (QED) is 0.169. The lowest BCUT2D eigenvalue weighted by molar-refractivity contribution is 0.464. The Hall–Kier alpha value is -6.60. The molecule has 0 aromatic heterocycles. The van der Waals surface area contributed by atoms with Gasteiger partial charge in [-0.2, -0.15) is 0 Å². The van der Waals surface area contributed by atoms with Gasteiger partial charge in [-0.3, -0.25) is 0 Å². The first-order chi connectivity index (χ1) is 26.8. The van der Waals surface area contributed by atoms with Gasteiger partial charge in [0.2, 0.25) is 0 Å². The molecule has 7 heteroatoms. The van der Waals surface area contributed by atoms with E-state index in [1.807, 2.05) is 6.07 Å². The Labute approximate surface area is 322 Å². The van der Waals surface area contributed by atoms with Crippen LogP contribution in [0.3, 0.4) is 0 Å². The van der Waals surface area contributed by atoms with Crippen LogP contribution in [-0.4, -0.2) is 18.0 Å². The monoisotopic (exact) mass is 714 g/mol. The number of nitrogens with zero attached hydrogens (tertiary/aromatic N) is 4. The summed E-state index contributed by atoms with van der Waals surface area (Å²) >= 11 is 0. The smallest absolute Gasteiger partial charge is 0.260 e. The van der Waals surface area contributed by atoms with Crippen molar-refractivity contribution in [3.8, 4) is 23.0 Å². The van der Waals surface area contributed by atoms with Crippen molar-refractivity contribution in [2.45, 2.75) is 39.0 Å². The minimum atomic E-state index is -0.427. The lowest BCUT2D eigenvalue weighted by Crippen LogP contribution is -2.57. The average molecular weight is 715 g/mol. The Kier molecular flexibility index (Phi) is 6.64. The summed E-state index contributed by atoms with van der Waals surface area (Å²) in [6, 6.07) is 58.3. The van der Waals surface area contributed by atoms with Gasteiger partial charge in [0.05, 0.1) is 22.7 Å². The van der Waals surface area contributed by atoms with Crippen molar-refractivity contribution in [3.05, 3.63) is 164 Å². The van der Waals surface area contributed by atoms with Gasteiger partial charge in [-0.25, -0.2) is 0 Å². The molecule has 0 atom stereocenters. The van der Waals surface area contributed by atoms with Crippen LogP contribution in [0.2, 0.25) is 0 Å². The van der Waals surface area contributed by atoms with Gasteiger partial charge in [0.1, 0.15) is 34.3 Å². The molecule has 0 radical (unpaired) electrons. The van der Waals surface area contributed by atoms with Crippen molar-refractivity contribution in [3.63, 3.8) is 0 Å².